The molecule has 1 aromatic heterocycles. The molecular formula is C25H25N5O3. The lowest BCUT2D eigenvalue weighted by Gasteiger charge is -2.24. The van der Waals surface area contributed by atoms with Gasteiger partial charge in [0.1, 0.15) is 0 Å². The van der Waals surface area contributed by atoms with Gasteiger partial charge in [-0.1, -0.05) is 18.2 Å². The minimum Gasteiger partial charge on any atom is -0.383 e. The Morgan fingerprint density at radius 2 is 2.03 bits per heavy atom. The monoisotopic (exact) mass is 443 g/mol. The van der Waals surface area contributed by atoms with Crippen LogP contribution in [0.25, 0.3) is 11.3 Å². The van der Waals surface area contributed by atoms with E-state index < -0.39 is 0 Å². The maximum absolute atomic E-state index is 12.9. The summed E-state index contributed by atoms with van der Waals surface area (Å²) in [7, 11) is 1.67. The highest BCUT2D eigenvalue weighted by molar-refractivity contribution is 6.00. The molecule has 5 rings (SSSR count). The number of nitrogens with one attached hydrogen (secondary N) is 2. The van der Waals surface area contributed by atoms with E-state index in [9.17, 15) is 9.59 Å². The van der Waals surface area contributed by atoms with Gasteiger partial charge in [0.15, 0.2) is 0 Å². The number of benzene rings is 2. The highest BCUT2D eigenvalue weighted by atomic mass is 16.5. The van der Waals surface area contributed by atoms with Crippen molar-refractivity contribution in [3.63, 3.8) is 0 Å². The lowest BCUT2D eigenvalue weighted by Crippen LogP contribution is -2.38. The molecule has 1 fully saturated rings. The minimum atomic E-state index is -0.0866. The summed E-state index contributed by atoms with van der Waals surface area (Å²) in [6.45, 7) is 1.32. The molecule has 8 nitrogen and oxygen atoms in total. The fourth-order valence-corrected chi connectivity index (χ4v) is 4.46. The number of hydrogen-bond acceptors (Lipinski definition) is 6. The van der Waals surface area contributed by atoms with Crippen LogP contribution in [-0.2, 0) is 16.0 Å². The Labute approximate surface area is 192 Å². The molecule has 8 heteroatoms. The van der Waals surface area contributed by atoms with E-state index in [1.165, 1.54) is 0 Å². The fraction of sp³-hybridized carbons (Fsp3) is 0.280. The van der Waals surface area contributed by atoms with Crippen LogP contribution >= 0.6 is 0 Å². The number of rotatable bonds is 5. The summed E-state index contributed by atoms with van der Waals surface area (Å²) in [5, 5.41) is 6.13. The molecule has 168 valence electrons. The molecule has 2 amide bonds. The van der Waals surface area contributed by atoms with E-state index in [4.69, 9.17) is 9.72 Å². The zero-order chi connectivity index (χ0) is 22.8. The molecule has 0 saturated carbocycles. The summed E-state index contributed by atoms with van der Waals surface area (Å²) in [5.41, 5.74) is 4.53. The van der Waals surface area contributed by atoms with Gasteiger partial charge >= 0.3 is 0 Å². The van der Waals surface area contributed by atoms with Gasteiger partial charge in [0, 0.05) is 42.2 Å². The van der Waals surface area contributed by atoms with Crippen LogP contribution in [0.15, 0.2) is 54.7 Å². The molecule has 1 atom stereocenters. The Balaban J connectivity index is 1.35. The van der Waals surface area contributed by atoms with E-state index in [0.717, 1.165) is 47.6 Å². The third kappa shape index (κ3) is 4.29. The van der Waals surface area contributed by atoms with E-state index >= 15 is 0 Å². The smallest absolute Gasteiger partial charge is 0.254 e. The average Bonchev–Trinajstić information content (AvgIpc) is 3.23. The maximum atomic E-state index is 12.9. The molecule has 0 aliphatic carbocycles. The number of amides is 2. The second-order valence-electron chi connectivity index (χ2n) is 8.29. The van der Waals surface area contributed by atoms with Crippen LogP contribution < -0.4 is 10.6 Å². The largest absolute Gasteiger partial charge is 0.383 e. The van der Waals surface area contributed by atoms with E-state index in [-0.39, 0.29) is 24.3 Å². The van der Waals surface area contributed by atoms with Crippen LogP contribution in [0.2, 0.25) is 0 Å². The van der Waals surface area contributed by atoms with E-state index in [2.05, 4.69) is 15.6 Å². The molecule has 2 aliphatic rings. The first-order valence-corrected chi connectivity index (χ1v) is 11.0. The lowest BCUT2D eigenvalue weighted by molar-refractivity contribution is -0.115. The van der Waals surface area contributed by atoms with Gasteiger partial charge < -0.3 is 20.3 Å². The Bertz CT molecular complexity index is 1190. The van der Waals surface area contributed by atoms with E-state index in [1.54, 1.807) is 13.3 Å². The fourth-order valence-electron chi connectivity index (χ4n) is 4.46. The van der Waals surface area contributed by atoms with Crippen molar-refractivity contribution in [3.05, 3.63) is 65.9 Å². The molecule has 3 heterocycles. The Kier molecular flexibility index (Phi) is 5.75. The lowest BCUT2D eigenvalue weighted by atomic mass is 10.1. The summed E-state index contributed by atoms with van der Waals surface area (Å²) >= 11 is 0. The zero-order valence-corrected chi connectivity index (χ0v) is 18.4. The van der Waals surface area contributed by atoms with Crippen molar-refractivity contribution in [1.82, 2.24) is 14.9 Å². The van der Waals surface area contributed by atoms with Gasteiger partial charge in [0.2, 0.25) is 11.9 Å². The van der Waals surface area contributed by atoms with E-state index in [0.29, 0.717) is 18.1 Å². The molecule has 0 radical (unpaired) electrons. The minimum absolute atomic E-state index is 0.0242. The second-order valence-corrected chi connectivity index (χ2v) is 8.29. The summed E-state index contributed by atoms with van der Waals surface area (Å²) in [6, 6.07) is 15.1. The van der Waals surface area contributed by atoms with Crippen molar-refractivity contribution in [2.45, 2.75) is 25.3 Å². The molecule has 3 aromatic rings. The SMILES string of the molecule is COC[C@@H]1CCCN1C(=O)c1ccc(Nc2ncc3c(n2)-c2ccccc2NC(=O)C3)cc1. The summed E-state index contributed by atoms with van der Waals surface area (Å²) in [5.74, 6) is 0.365. The van der Waals surface area contributed by atoms with Gasteiger partial charge in [-0.15, -0.1) is 0 Å². The summed E-state index contributed by atoms with van der Waals surface area (Å²) in [6.07, 6.45) is 3.88. The average molecular weight is 444 g/mol. The molecule has 2 N–H and O–H groups in total. The molecule has 0 bridgehead atoms. The molecule has 33 heavy (non-hydrogen) atoms. The van der Waals surface area contributed by atoms with Gasteiger partial charge in [0.25, 0.3) is 5.91 Å². The number of ether oxygens (including phenoxy) is 1. The van der Waals surface area contributed by atoms with Crippen LogP contribution in [-0.4, -0.2) is 53.0 Å². The second kappa shape index (κ2) is 8.99. The van der Waals surface area contributed by atoms with Crippen molar-refractivity contribution in [3.8, 4) is 11.3 Å². The Morgan fingerprint density at radius 1 is 1.21 bits per heavy atom. The van der Waals surface area contributed by atoms with Crippen LogP contribution in [0, 0.1) is 0 Å². The van der Waals surface area contributed by atoms with Gasteiger partial charge in [0.05, 0.1) is 30.5 Å². The van der Waals surface area contributed by atoms with E-state index in [1.807, 2.05) is 53.4 Å². The standard InChI is InChI=1S/C25H25N5O3/c1-33-15-19-5-4-12-30(19)24(32)16-8-10-18(11-9-16)27-25-26-14-17-13-22(31)28-21-7-3-2-6-20(21)23(17)29-25/h2-3,6-11,14,19H,4-5,12-13,15H2,1H3,(H,28,31)(H,26,27,29)/t19-/m0/s1. The Hall–Kier alpha value is -3.78. The zero-order valence-electron chi connectivity index (χ0n) is 18.4. The van der Waals surface area contributed by atoms with Crippen molar-refractivity contribution in [2.24, 2.45) is 0 Å². The first-order valence-electron chi connectivity index (χ1n) is 11.0. The molecule has 0 unspecified atom stereocenters. The first kappa shape index (κ1) is 21.1. The number of likely N-dealkylation sites (tertiary alicyclic amines) is 1. The molecule has 2 aliphatic heterocycles. The molecular weight excluding hydrogens is 418 g/mol. The number of anilines is 3. The van der Waals surface area contributed by atoms with Crippen molar-refractivity contribution in [2.75, 3.05) is 30.9 Å². The van der Waals surface area contributed by atoms with Crippen LogP contribution in [0.1, 0.15) is 28.8 Å². The summed E-state index contributed by atoms with van der Waals surface area (Å²) < 4.78 is 5.26. The predicted octanol–water partition coefficient (Wildman–Crippen LogP) is 3.63. The molecule has 2 aromatic carbocycles. The molecule has 1 saturated heterocycles. The van der Waals surface area contributed by atoms with Gasteiger partial charge in [-0.2, -0.15) is 0 Å². The maximum Gasteiger partial charge on any atom is 0.254 e. The topological polar surface area (TPSA) is 96.4 Å². The number of carbonyl (C=O) groups is 2. The van der Waals surface area contributed by atoms with Crippen LogP contribution in [0.3, 0.4) is 0 Å². The number of aromatic nitrogens is 2. The quantitative estimate of drug-likeness (QED) is 0.625. The van der Waals surface area contributed by atoms with Gasteiger partial charge in [-0.05, 0) is 43.2 Å². The number of hydrogen-bond donors (Lipinski definition) is 2. The summed E-state index contributed by atoms with van der Waals surface area (Å²) in [4.78, 5) is 36.1. The number of carbonyl (C=O) groups excluding carboxylic acids is 2. The number of fused-ring (bicyclic) bond motifs is 3. The van der Waals surface area contributed by atoms with Crippen molar-refractivity contribution in [1.29, 1.82) is 0 Å². The van der Waals surface area contributed by atoms with Gasteiger partial charge in [-0.3, -0.25) is 9.59 Å². The first-order chi connectivity index (χ1) is 16.1. The van der Waals surface area contributed by atoms with Crippen molar-refractivity contribution >= 4 is 29.1 Å². The van der Waals surface area contributed by atoms with Crippen molar-refractivity contribution < 1.29 is 14.3 Å². The number of para-hydroxylation sites is 1. The Morgan fingerprint density at radius 3 is 2.85 bits per heavy atom. The normalized spacial score (nSPS) is 17.1. The highest BCUT2D eigenvalue weighted by Gasteiger charge is 2.29. The number of methoxy groups -OCH3 is 1. The van der Waals surface area contributed by atoms with Crippen LogP contribution in [0.4, 0.5) is 17.3 Å². The molecule has 0 spiro atoms. The third-order valence-corrected chi connectivity index (χ3v) is 6.06. The van der Waals surface area contributed by atoms with Gasteiger partial charge in [-0.25, -0.2) is 9.97 Å². The van der Waals surface area contributed by atoms with Crippen LogP contribution in [0.5, 0.6) is 0 Å². The predicted molar refractivity (Wildman–Crippen MR) is 125 cm³/mol. The third-order valence-electron chi connectivity index (χ3n) is 6.06. The number of nitrogens with zero attached hydrogens (tertiary/aromatic N) is 3. The highest BCUT2D eigenvalue weighted by Crippen LogP contribution is 2.33.